The van der Waals surface area contributed by atoms with Crippen LogP contribution in [0.5, 0.6) is 0 Å². The topological polar surface area (TPSA) is 43.4 Å². The van der Waals surface area contributed by atoms with Crippen molar-refractivity contribution >= 4 is 23.1 Å². The minimum Gasteiger partial charge on any atom is -0.468 e. The van der Waals surface area contributed by atoms with Crippen LogP contribution in [0.4, 0.5) is 0 Å². The van der Waals surface area contributed by atoms with Crippen LogP contribution < -0.4 is 0 Å². The summed E-state index contributed by atoms with van der Waals surface area (Å²) in [7, 11) is 1.35. The number of fused-ring (bicyclic) bond motifs is 3. The third-order valence-corrected chi connectivity index (χ3v) is 5.44. The van der Waals surface area contributed by atoms with Gasteiger partial charge in [0, 0.05) is 10.8 Å². The lowest BCUT2D eigenvalue weighted by Gasteiger charge is -2.44. The molecule has 2 aliphatic rings. The van der Waals surface area contributed by atoms with Crippen LogP contribution in [0.25, 0.3) is 0 Å². The number of methoxy groups -OCH3 is 1. The van der Waals surface area contributed by atoms with Gasteiger partial charge < -0.3 is 4.74 Å². The molecule has 1 heterocycles. The van der Waals surface area contributed by atoms with Gasteiger partial charge in [0.2, 0.25) is 0 Å². The van der Waals surface area contributed by atoms with Crippen LogP contribution in [0.1, 0.15) is 29.7 Å². The highest BCUT2D eigenvalue weighted by atomic mass is 32.1. The summed E-state index contributed by atoms with van der Waals surface area (Å²) in [6.07, 6.45) is 5.55. The first-order chi connectivity index (χ1) is 9.07. The summed E-state index contributed by atoms with van der Waals surface area (Å²) >= 11 is 1.71. The fourth-order valence-electron chi connectivity index (χ4n) is 3.39. The molecule has 3 rings (SSSR count). The summed E-state index contributed by atoms with van der Waals surface area (Å²) in [5.41, 5.74) is 1.03. The minimum absolute atomic E-state index is 0.0764. The second-order valence-electron chi connectivity index (χ2n) is 5.52. The van der Waals surface area contributed by atoms with E-state index in [2.05, 4.69) is 13.0 Å². The van der Waals surface area contributed by atoms with Gasteiger partial charge in [-0.25, -0.2) is 0 Å². The molecule has 0 aromatic carbocycles. The van der Waals surface area contributed by atoms with Crippen molar-refractivity contribution < 1.29 is 14.3 Å². The highest BCUT2D eigenvalue weighted by Gasteiger charge is 2.50. The Labute approximate surface area is 116 Å². The first-order valence-corrected chi connectivity index (χ1v) is 7.32. The number of rotatable bonds is 1. The quantitative estimate of drug-likeness (QED) is 0.585. The smallest absolute Gasteiger partial charge is 0.317 e. The lowest BCUT2D eigenvalue weighted by atomic mass is 9.59. The molecular weight excluding hydrogens is 260 g/mol. The second-order valence-corrected chi connectivity index (χ2v) is 6.52. The van der Waals surface area contributed by atoms with E-state index in [1.54, 1.807) is 17.4 Å². The van der Waals surface area contributed by atoms with Gasteiger partial charge >= 0.3 is 5.97 Å². The van der Waals surface area contributed by atoms with Crippen molar-refractivity contribution in [3.63, 3.8) is 0 Å². The summed E-state index contributed by atoms with van der Waals surface area (Å²) in [4.78, 5) is 25.5. The Morgan fingerprint density at radius 2 is 2.32 bits per heavy atom. The predicted octanol–water partition coefficient (Wildman–Crippen LogP) is 2.71. The van der Waals surface area contributed by atoms with Crippen molar-refractivity contribution in [3.8, 4) is 0 Å². The first-order valence-electron chi connectivity index (χ1n) is 6.44. The third kappa shape index (κ3) is 1.77. The van der Waals surface area contributed by atoms with E-state index in [-0.39, 0.29) is 17.1 Å². The highest BCUT2D eigenvalue weighted by Crippen LogP contribution is 2.53. The van der Waals surface area contributed by atoms with Crippen molar-refractivity contribution in [1.29, 1.82) is 0 Å². The van der Waals surface area contributed by atoms with Crippen LogP contribution >= 0.6 is 11.3 Å². The van der Waals surface area contributed by atoms with E-state index in [4.69, 9.17) is 4.74 Å². The number of hydrogen-bond donors (Lipinski definition) is 0. The zero-order valence-electron chi connectivity index (χ0n) is 11.0. The number of aryl methyl sites for hydroxylation is 1. The molecule has 4 heteroatoms. The Bertz CT molecular complexity index is 572. The van der Waals surface area contributed by atoms with Gasteiger partial charge in [-0.15, -0.1) is 11.3 Å². The molecule has 0 bridgehead atoms. The number of esters is 1. The molecule has 0 radical (unpaired) electrons. The Morgan fingerprint density at radius 3 is 3.05 bits per heavy atom. The van der Waals surface area contributed by atoms with Crippen LogP contribution in [0, 0.1) is 11.3 Å². The molecule has 2 aliphatic carbocycles. The van der Waals surface area contributed by atoms with Gasteiger partial charge in [-0.2, -0.15) is 0 Å². The second kappa shape index (κ2) is 4.30. The molecule has 0 spiro atoms. The molecule has 1 unspecified atom stereocenters. The summed E-state index contributed by atoms with van der Waals surface area (Å²) in [5.74, 6) is -1.31. The van der Waals surface area contributed by atoms with Crippen molar-refractivity contribution in [2.75, 3.05) is 7.11 Å². The van der Waals surface area contributed by atoms with Gasteiger partial charge in [-0.1, -0.05) is 13.0 Å². The summed E-state index contributed by atoms with van der Waals surface area (Å²) in [5, 5.41) is 2.05. The van der Waals surface area contributed by atoms with Crippen LogP contribution in [0.2, 0.25) is 0 Å². The first kappa shape index (κ1) is 12.6. The normalized spacial score (nSPS) is 32.6. The van der Waals surface area contributed by atoms with Gasteiger partial charge in [0.15, 0.2) is 5.78 Å². The lowest BCUT2D eigenvalue weighted by molar-refractivity contribution is -0.151. The molecule has 0 N–H and O–H groups in total. The van der Waals surface area contributed by atoms with Gasteiger partial charge in [-0.3, -0.25) is 9.59 Å². The van der Waals surface area contributed by atoms with Crippen molar-refractivity contribution in [1.82, 2.24) is 0 Å². The summed E-state index contributed by atoms with van der Waals surface area (Å²) < 4.78 is 4.86. The van der Waals surface area contributed by atoms with Gasteiger partial charge in [0.05, 0.1) is 7.11 Å². The van der Waals surface area contributed by atoms with E-state index >= 15 is 0 Å². The predicted molar refractivity (Wildman–Crippen MR) is 73.1 cm³/mol. The molecule has 100 valence electrons. The number of carbonyl (C=O) groups excluding carboxylic acids is 2. The zero-order chi connectivity index (χ0) is 13.6. The number of hydrogen-bond acceptors (Lipinski definition) is 4. The van der Waals surface area contributed by atoms with Crippen molar-refractivity contribution in [2.45, 2.75) is 25.7 Å². The average Bonchev–Trinajstić information content (AvgIpc) is 2.87. The number of ketones is 1. The van der Waals surface area contributed by atoms with Crippen LogP contribution in [-0.2, 0) is 20.7 Å². The fourth-order valence-corrected chi connectivity index (χ4v) is 4.32. The molecule has 0 aliphatic heterocycles. The number of carbonyl (C=O) groups is 2. The largest absolute Gasteiger partial charge is 0.468 e. The Hall–Kier alpha value is -1.42. The minimum atomic E-state index is -0.686. The van der Waals surface area contributed by atoms with Crippen LogP contribution in [0.15, 0.2) is 23.6 Å². The molecule has 0 amide bonds. The molecule has 0 fully saturated rings. The monoisotopic (exact) mass is 276 g/mol. The van der Waals surface area contributed by atoms with Gasteiger partial charge in [-0.05, 0) is 41.3 Å². The Balaban J connectivity index is 2.15. The number of allylic oxidation sites excluding steroid dienone is 2. The van der Waals surface area contributed by atoms with E-state index in [0.29, 0.717) is 0 Å². The summed E-state index contributed by atoms with van der Waals surface area (Å²) in [6.45, 7) is 2.14. The van der Waals surface area contributed by atoms with Crippen LogP contribution in [-0.4, -0.2) is 18.9 Å². The molecular formula is C15H16O3S. The fraction of sp³-hybridized carbons (Fsp3) is 0.467. The van der Waals surface area contributed by atoms with E-state index < -0.39 is 11.9 Å². The van der Waals surface area contributed by atoms with E-state index in [1.807, 2.05) is 11.5 Å². The molecule has 0 saturated heterocycles. The SMILES string of the molecule is COC(=O)C1C(=O)C=C[C@]2(C)CCc3sccc3[C@H]12. The van der Waals surface area contributed by atoms with Crippen molar-refractivity contribution in [3.05, 3.63) is 34.0 Å². The maximum atomic E-state index is 12.1. The average molecular weight is 276 g/mol. The van der Waals surface area contributed by atoms with Gasteiger partial charge in [0.1, 0.15) is 5.92 Å². The standard InChI is InChI=1S/C15H16O3S/c1-15-6-3-10(16)12(14(17)18-2)13(15)9-5-8-19-11(9)4-7-15/h3,5-6,8,12-13H,4,7H2,1-2H3/t12?,13-,15-/m1/s1. The maximum Gasteiger partial charge on any atom is 0.317 e. The highest BCUT2D eigenvalue weighted by molar-refractivity contribution is 7.10. The van der Waals surface area contributed by atoms with E-state index in [0.717, 1.165) is 18.4 Å². The molecule has 19 heavy (non-hydrogen) atoms. The van der Waals surface area contributed by atoms with Crippen molar-refractivity contribution in [2.24, 2.45) is 11.3 Å². The van der Waals surface area contributed by atoms with Gasteiger partial charge in [0.25, 0.3) is 0 Å². The maximum absolute atomic E-state index is 12.1. The molecule has 1 aromatic rings. The molecule has 1 aromatic heterocycles. The Kier molecular flexibility index (Phi) is 2.86. The molecule has 3 nitrogen and oxygen atoms in total. The Morgan fingerprint density at radius 1 is 1.53 bits per heavy atom. The summed E-state index contributed by atoms with van der Waals surface area (Å²) in [6, 6.07) is 2.06. The third-order valence-electron chi connectivity index (χ3n) is 4.44. The van der Waals surface area contributed by atoms with E-state index in [1.165, 1.54) is 12.0 Å². The number of thiophene rings is 1. The number of ether oxygens (including phenoxy) is 1. The van der Waals surface area contributed by atoms with Crippen LogP contribution in [0.3, 0.4) is 0 Å². The lowest BCUT2D eigenvalue weighted by Crippen LogP contribution is -2.43. The molecule has 3 atom stereocenters. The molecule has 0 saturated carbocycles. The zero-order valence-corrected chi connectivity index (χ0v) is 11.8. The van der Waals surface area contributed by atoms with E-state index in [9.17, 15) is 9.59 Å².